The van der Waals surface area contributed by atoms with Gasteiger partial charge in [0.05, 0.1) is 12.5 Å². The number of carboxylic acid groups (broad SMARTS) is 2. The van der Waals surface area contributed by atoms with Crippen molar-refractivity contribution in [2.75, 3.05) is 0 Å². The molecule has 1 rings (SSSR count). The topological polar surface area (TPSA) is 177 Å². The third-order valence-electron chi connectivity index (χ3n) is 3.30. The average molecular weight is 303 g/mol. The first-order chi connectivity index (χ1) is 9.84. The summed E-state index contributed by atoms with van der Waals surface area (Å²) in [5.41, 5.74) is 2.72. The Kier molecular flexibility index (Phi) is 9.23. The van der Waals surface area contributed by atoms with Crippen LogP contribution in [-0.2, 0) is 9.59 Å². The zero-order valence-corrected chi connectivity index (χ0v) is 11.5. The lowest BCUT2D eigenvalue weighted by Gasteiger charge is -2.18. The van der Waals surface area contributed by atoms with Crippen LogP contribution in [0, 0.1) is 17.2 Å². The lowest BCUT2D eigenvalue weighted by atomic mass is 9.97. The van der Waals surface area contributed by atoms with E-state index in [2.05, 4.69) is 11.5 Å². The molecule has 0 aromatic carbocycles. The average Bonchev–Trinajstić information content (AvgIpc) is 2.97. The lowest BCUT2D eigenvalue weighted by molar-refractivity contribution is -0.165. The molecule has 1 aliphatic carbocycles. The molecule has 0 heterocycles. The highest BCUT2D eigenvalue weighted by Crippen LogP contribution is 2.28. The summed E-state index contributed by atoms with van der Waals surface area (Å²) in [4.78, 5) is 19.5. The van der Waals surface area contributed by atoms with Crippen LogP contribution in [0.4, 0.5) is 0 Å². The van der Waals surface area contributed by atoms with Gasteiger partial charge in [-0.1, -0.05) is 12.8 Å². The fourth-order valence-corrected chi connectivity index (χ4v) is 2.09. The van der Waals surface area contributed by atoms with Crippen molar-refractivity contribution in [1.29, 1.82) is 5.26 Å². The molecule has 3 unspecified atom stereocenters. The molecule has 0 saturated heterocycles. The van der Waals surface area contributed by atoms with Crippen LogP contribution in [0.25, 0.3) is 0 Å². The van der Waals surface area contributed by atoms with E-state index >= 15 is 0 Å². The molecule has 1 aliphatic rings. The largest absolute Gasteiger partial charge is 0.479 e. The number of aliphatic carboxylic acids is 2. The molecule has 120 valence electrons. The summed E-state index contributed by atoms with van der Waals surface area (Å²) < 4.78 is 0. The van der Waals surface area contributed by atoms with E-state index in [4.69, 9.17) is 31.5 Å². The summed E-state index contributed by atoms with van der Waals surface area (Å²) in [6, 6.07) is 2.38. The second-order valence-electron chi connectivity index (χ2n) is 4.75. The van der Waals surface area contributed by atoms with Crippen LogP contribution in [0.1, 0.15) is 32.1 Å². The summed E-state index contributed by atoms with van der Waals surface area (Å²) in [5.74, 6) is 2.44. The van der Waals surface area contributed by atoms with Crippen LogP contribution in [-0.4, -0.2) is 50.6 Å². The molecule has 0 bridgehead atoms. The molecule has 1 saturated carbocycles. The molecule has 21 heavy (non-hydrogen) atoms. The number of hydrogen-bond donors (Lipinski definition) is 6. The Morgan fingerprint density at radius 3 is 1.90 bits per heavy atom. The minimum atomic E-state index is -2.27. The fourth-order valence-electron chi connectivity index (χ4n) is 2.09. The Labute approximate surface area is 122 Å². The Bertz CT molecular complexity index is 360. The van der Waals surface area contributed by atoms with Crippen LogP contribution < -0.4 is 11.3 Å². The van der Waals surface area contributed by atoms with E-state index in [-0.39, 0.29) is 6.04 Å². The molecule has 3 atom stereocenters. The van der Waals surface area contributed by atoms with Crippen molar-refractivity contribution >= 4 is 11.9 Å². The van der Waals surface area contributed by atoms with Crippen LogP contribution in [0.2, 0.25) is 0 Å². The number of nitrogens with two attached hydrogens (primary N) is 1. The van der Waals surface area contributed by atoms with Crippen molar-refractivity contribution < 1.29 is 30.0 Å². The number of rotatable bonds is 6. The number of hydrogen-bond acceptors (Lipinski definition) is 7. The third-order valence-corrected chi connectivity index (χ3v) is 3.30. The van der Waals surface area contributed by atoms with Crippen molar-refractivity contribution in [3.05, 3.63) is 0 Å². The number of aliphatic hydroxyl groups is 2. The molecule has 9 heteroatoms. The number of hydrazine groups is 1. The van der Waals surface area contributed by atoms with Gasteiger partial charge in [-0.25, -0.2) is 9.59 Å². The molecule has 7 N–H and O–H groups in total. The number of aliphatic hydroxyl groups excluding tert-OH is 2. The Balaban J connectivity index is 0.000000384. The normalized spacial score (nSPS) is 18.8. The molecule has 1 fully saturated rings. The Hall–Kier alpha value is -1.73. The quantitative estimate of drug-likeness (QED) is 0.260. The third kappa shape index (κ3) is 7.01. The number of nitrogens with one attached hydrogen (secondary N) is 1. The summed E-state index contributed by atoms with van der Waals surface area (Å²) in [5, 5.41) is 41.0. The number of nitrogens with zero attached hydrogens (tertiary/aromatic N) is 1. The van der Waals surface area contributed by atoms with Gasteiger partial charge < -0.3 is 20.4 Å². The summed E-state index contributed by atoms with van der Waals surface area (Å²) in [6.07, 6.45) is 1.08. The van der Waals surface area contributed by atoms with Gasteiger partial charge in [0, 0.05) is 6.04 Å². The fraction of sp³-hybridized carbons (Fsp3) is 0.750. The number of carbonyl (C=O) groups is 2. The van der Waals surface area contributed by atoms with Crippen LogP contribution in [0.3, 0.4) is 0 Å². The van der Waals surface area contributed by atoms with E-state index in [0.29, 0.717) is 12.3 Å². The van der Waals surface area contributed by atoms with Crippen LogP contribution in [0.15, 0.2) is 0 Å². The van der Waals surface area contributed by atoms with E-state index in [0.717, 1.165) is 0 Å². The molecule has 0 radical (unpaired) electrons. The Morgan fingerprint density at radius 2 is 1.62 bits per heavy atom. The summed E-state index contributed by atoms with van der Waals surface area (Å²) in [6.45, 7) is 0. The van der Waals surface area contributed by atoms with Crippen molar-refractivity contribution in [2.24, 2.45) is 11.8 Å². The minimum absolute atomic E-state index is 0.225. The lowest BCUT2D eigenvalue weighted by Crippen LogP contribution is -2.39. The van der Waals surface area contributed by atoms with E-state index in [9.17, 15) is 9.59 Å². The predicted molar refractivity (Wildman–Crippen MR) is 70.6 cm³/mol. The first kappa shape index (κ1) is 19.3. The van der Waals surface area contributed by atoms with Gasteiger partial charge in [-0.2, -0.15) is 5.26 Å². The summed E-state index contributed by atoms with van der Waals surface area (Å²) in [7, 11) is 0. The first-order valence-corrected chi connectivity index (χ1v) is 6.50. The van der Waals surface area contributed by atoms with Gasteiger partial charge in [-0.3, -0.25) is 11.3 Å². The highest BCUT2D eigenvalue weighted by atomic mass is 16.4. The molecule has 0 amide bonds. The van der Waals surface area contributed by atoms with Gasteiger partial charge in [0.15, 0.2) is 12.2 Å². The van der Waals surface area contributed by atoms with Crippen molar-refractivity contribution in [2.45, 2.75) is 50.4 Å². The molecule has 0 spiro atoms. The van der Waals surface area contributed by atoms with Gasteiger partial charge in [0.25, 0.3) is 0 Å². The zero-order valence-electron chi connectivity index (χ0n) is 11.5. The van der Waals surface area contributed by atoms with Crippen molar-refractivity contribution in [3.8, 4) is 6.07 Å². The van der Waals surface area contributed by atoms with Gasteiger partial charge in [0.1, 0.15) is 0 Å². The van der Waals surface area contributed by atoms with Gasteiger partial charge >= 0.3 is 11.9 Å². The maximum atomic E-state index is 9.77. The van der Waals surface area contributed by atoms with E-state index < -0.39 is 24.1 Å². The SMILES string of the molecule is N#CCC(NN)C1CCCC1.O=C(O)C(O)C(O)C(=O)O. The van der Waals surface area contributed by atoms with Crippen molar-refractivity contribution in [3.63, 3.8) is 0 Å². The van der Waals surface area contributed by atoms with Crippen LogP contribution in [0.5, 0.6) is 0 Å². The molecule has 0 aliphatic heterocycles. The highest BCUT2D eigenvalue weighted by molar-refractivity contribution is 5.83. The van der Waals surface area contributed by atoms with Crippen LogP contribution >= 0.6 is 0 Å². The van der Waals surface area contributed by atoms with Gasteiger partial charge in [0.2, 0.25) is 0 Å². The number of nitriles is 1. The Morgan fingerprint density at radius 1 is 1.19 bits per heavy atom. The molecule has 9 nitrogen and oxygen atoms in total. The zero-order chi connectivity index (χ0) is 16.4. The first-order valence-electron chi connectivity index (χ1n) is 6.50. The van der Waals surface area contributed by atoms with Crippen molar-refractivity contribution in [1.82, 2.24) is 5.43 Å². The predicted octanol–water partition coefficient (Wildman–Crippen LogP) is -1.20. The highest BCUT2D eigenvalue weighted by Gasteiger charge is 2.29. The molecule has 0 aromatic heterocycles. The minimum Gasteiger partial charge on any atom is -0.479 e. The smallest absolute Gasteiger partial charge is 0.335 e. The van der Waals surface area contributed by atoms with E-state index in [1.807, 2.05) is 0 Å². The van der Waals surface area contributed by atoms with E-state index in [1.165, 1.54) is 25.7 Å². The van der Waals surface area contributed by atoms with E-state index in [1.54, 1.807) is 0 Å². The number of carboxylic acids is 2. The second-order valence-corrected chi connectivity index (χ2v) is 4.75. The molecular weight excluding hydrogens is 282 g/mol. The standard InChI is InChI=1S/C8H15N3.C4H6O6/c9-6-5-8(11-10)7-3-1-2-4-7;5-1(3(7)8)2(6)4(9)10/h7-8,11H,1-5,10H2;1-2,5-6H,(H,7,8)(H,9,10). The monoisotopic (exact) mass is 303 g/mol. The maximum absolute atomic E-state index is 9.77. The van der Waals surface area contributed by atoms with Gasteiger partial charge in [-0.05, 0) is 18.8 Å². The maximum Gasteiger partial charge on any atom is 0.335 e. The molecule has 0 aromatic rings. The second kappa shape index (κ2) is 10.1. The molecular formula is C12H21N3O6. The summed E-state index contributed by atoms with van der Waals surface area (Å²) >= 11 is 0. The van der Waals surface area contributed by atoms with Gasteiger partial charge in [-0.15, -0.1) is 0 Å².